The average Bonchev–Trinajstić information content (AvgIpc) is 2.98. The van der Waals surface area contributed by atoms with E-state index >= 15 is 0 Å². The topological polar surface area (TPSA) is 8.81 Å². The van der Waals surface area contributed by atoms with Gasteiger partial charge < -0.3 is 17.3 Å². The summed E-state index contributed by atoms with van der Waals surface area (Å²) in [7, 11) is -6.00. The maximum Gasteiger partial charge on any atom is 0.673 e. The Morgan fingerprint density at radius 2 is 1.17 bits per heavy atom. The first-order valence-electron chi connectivity index (χ1n) is 9.58. The molecule has 0 spiro atoms. The Balaban J connectivity index is 0.000000461. The summed E-state index contributed by atoms with van der Waals surface area (Å²) in [6.07, 6.45) is 2.20. The van der Waals surface area contributed by atoms with Crippen LogP contribution in [0.4, 0.5) is 17.3 Å². The minimum Gasteiger partial charge on any atom is -0.418 e. The highest BCUT2D eigenvalue weighted by molar-refractivity contribution is 6.50. The second-order valence-corrected chi connectivity index (χ2v) is 7.53. The lowest BCUT2D eigenvalue weighted by molar-refractivity contribution is -0.567. The number of halogens is 4. The molecule has 3 aromatic carbocycles. The molecule has 0 unspecified atom stereocenters. The first-order chi connectivity index (χ1) is 14.0. The molecular weight excluding hydrogens is 391 g/mol. The molecule has 30 heavy (non-hydrogen) atoms. The number of aryl methyl sites for hydroxylation is 4. The minimum atomic E-state index is -6.00. The zero-order valence-corrected chi connectivity index (χ0v) is 17.3. The van der Waals surface area contributed by atoms with E-state index in [0.717, 1.165) is 0 Å². The van der Waals surface area contributed by atoms with Gasteiger partial charge >= 0.3 is 7.25 Å². The Morgan fingerprint density at radius 3 is 1.70 bits per heavy atom. The van der Waals surface area contributed by atoms with Crippen LogP contribution in [0.25, 0.3) is 22.4 Å². The molecule has 156 valence electrons. The number of fused-ring (bicyclic) bond motifs is 1. The SMILES string of the molecule is Cc1cc(C)cc(-n2c[n+](-c3cc(C)cc(C)c3)c3ccccc32)c1.F[B-](F)(F)F. The molecule has 0 radical (unpaired) electrons. The van der Waals surface area contributed by atoms with E-state index in [1.54, 1.807) is 0 Å². The molecule has 0 aliphatic heterocycles. The monoisotopic (exact) mass is 414 g/mol. The van der Waals surface area contributed by atoms with E-state index in [9.17, 15) is 17.3 Å². The molecule has 0 aliphatic rings. The highest BCUT2D eigenvalue weighted by Gasteiger charge is 2.21. The summed E-state index contributed by atoms with van der Waals surface area (Å²) in [5.74, 6) is 0. The number of rotatable bonds is 2. The fourth-order valence-corrected chi connectivity index (χ4v) is 3.70. The molecular formula is C23H23BF4N2. The van der Waals surface area contributed by atoms with E-state index in [2.05, 4.69) is 104 Å². The molecule has 0 bridgehead atoms. The van der Waals surface area contributed by atoms with Crippen molar-refractivity contribution in [3.05, 3.63) is 89.2 Å². The van der Waals surface area contributed by atoms with Crippen LogP contribution in [-0.4, -0.2) is 11.8 Å². The van der Waals surface area contributed by atoms with Crippen molar-refractivity contribution in [3.8, 4) is 11.4 Å². The fraction of sp³-hybridized carbons (Fsp3) is 0.174. The van der Waals surface area contributed by atoms with Crippen LogP contribution >= 0.6 is 0 Å². The maximum atomic E-state index is 9.75. The smallest absolute Gasteiger partial charge is 0.418 e. The number of nitrogens with zero attached hydrogens (tertiary/aromatic N) is 2. The zero-order valence-electron chi connectivity index (χ0n) is 17.3. The minimum absolute atomic E-state index is 1.21. The second-order valence-electron chi connectivity index (χ2n) is 7.53. The Bertz CT molecular complexity index is 1060. The summed E-state index contributed by atoms with van der Waals surface area (Å²) >= 11 is 0. The number of para-hydroxylation sites is 2. The molecule has 0 aliphatic carbocycles. The number of imidazole rings is 1. The van der Waals surface area contributed by atoms with E-state index in [0.29, 0.717) is 0 Å². The normalized spacial score (nSPS) is 11.3. The van der Waals surface area contributed by atoms with Gasteiger partial charge in [-0.15, -0.1) is 0 Å². The van der Waals surface area contributed by atoms with Crippen molar-refractivity contribution in [3.63, 3.8) is 0 Å². The van der Waals surface area contributed by atoms with Crippen LogP contribution in [0.1, 0.15) is 22.3 Å². The molecule has 0 N–H and O–H groups in total. The van der Waals surface area contributed by atoms with Gasteiger partial charge in [-0.25, -0.2) is 0 Å². The Hall–Kier alpha value is -3.09. The van der Waals surface area contributed by atoms with Crippen LogP contribution in [0.5, 0.6) is 0 Å². The molecule has 0 amide bonds. The van der Waals surface area contributed by atoms with Gasteiger partial charge in [0.05, 0.1) is 0 Å². The molecule has 4 aromatic rings. The summed E-state index contributed by atoms with van der Waals surface area (Å²) in [6.45, 7) is 8.61. The largest absolute Gasteiger partial charge is 0.673 e. The van der Waals surface area contributed by atoms with Crippen molar-refractivity contribution < 1.29 is 21.8 Å². The third kappa shape index (κ3) is 5.29. The number of hydrogen-bond donors (Lipinski definition) is 0. The Labute approximate surface area is 173 Å². The number of aromatic nitrogens is 2. The van der Waals surface area contributed by atoms with Gasteiger partial charge in [0, 0.05) is 0 Å². The van der Waals surface area contributed by atoms with Crippen molar-refractivity contribution in [2.45, 2.75) is 27.7 Å². The van der Waals surface area contributed by atoms with E-state index in [4.69, 9.17) is 0 Å². The van der Waals surface area contributed by atoms with E-state index in [-0.39, 0.29) is 0 Å². The van der Waals surface area contributed by atoms with Gasteiger partial charge in [0.2, 0.25) is 0 Å². The van der Waals surface area contributed by atoms with E-state index in [1.807, 2.05) is 0 Å². The molecule has 0 atom stereocenters. The molecule has 7 heteroatoms. The quantitative estimate of drug-likeness (QED) is 0.203. The summed E-state index contributed by atoms with van der Waals surface area (Å²) in [5, 5.41) is 0. The lowest BCUT2D eigenvalue weighted by Gasteiger charge is -2.02. The highest BCUT2D eigenvalue weighted by atomic mass is 19.5. The first-order valence-corrected chi connectivity index (χ1v) is 9.58. The van der Waals surface area contributed by atoms with Crippen molar-refractivity contribution >= 4 is 18.3 Å². The maximum absolute atomic E-state index is 9.75. The molecule has 1 aromatic heterocycles. The Kier molecular flexibility index (Phi) is 6.01. The van der Waals surface area contributed by atoms with Crippen molar-refractivity contribution in [2.24, 2.45) is 0 Å². The van der Waals surface area contributed by atoms with Crippen molar-refractivity contribution in [1.29, 1.82) is 0 Å². The third-order valence-electron chi connectivity index (χ3n) is 4.60. The summed E-state index contributed by atoms with van der Waals surface area (Å²) in [4.78, 5) is 0. The zero-order chi connectivity index (χ0) is 22.1. The molecule has 4 rings (SSSR count). The molecule has 0 saturated carbocycles. The summed E-state index contributed by atoms with van der Waals surface area (Å²) in [6, 6.07) is 22.0. The fourth-order valence-electron chi connectivity index (χ4n) is 3.70. The predicted octanol–water partition coefficient (Wildman–Crippen LogP) is 6.44. The molecule has 1 heterocycles. The number of hydrogen-bond acceptors (Lipinski definition) is 0. The van der Waals surface area contributed by atoms with Crippen LogP contribution in [-0.2, 0) is 0 Å². The van der Waals surface area contributed by atoms with Gasteiger partial charge in [-0.1, -0.05) is 24.3 Å². The van der Waals surface area contributed by atoms with Gasteiger partial charge in [-0.2, -0.15) is 9.13 Å². The second kappa shape index (κ2) is 8.34. The summed E-state index contributed by atoms with van der Waals surface area (Å²) in [5.41, 5.74) is 9.97. The third-order valence-corrected chi connectivity index (χ3v) is 4.60. The average molecular weight is 414 g/mol. The molecule has 2 nitrogen and oxygen atoms in total. The predicted molar refractivity (Wildman–Crippen MR) is 114 cm³/mol. The summed E-state index contributed by atoms with van der Waals surface area (Å²) < 4.78 is 43.6. The van der Waals surface area contributed by atoms with Crippen LogP contribution in [0.3, 0.4) is 0 Å². The van der Waals surface area contributed by atoms with Crippen molar-refractivity contribution in [1.82, 2.24) is 4.57 Å². The number of benzene rings is 3. The van der Waals surface area contributed by atoms with Gasteiger partial charge in [0.25, 0.3) is 6.33 Å². The van der Waals surface area contributed by atoms with Gasteiger partial charge in [0.15, 0.2) is 11.0 Å². The lowest BCUT2D eigenvalue weighted by atomic mass is 10.1. The lowest BCUT2D eigenvalue weighted by Crippen LogP contribution is -2.29. The van der Waals surface area contributed by atoms with E-state index in [1.165, 1.54) is 44.7 Å². The van der Waals surface area contributed by atoms with Gasteiger partial charge in [-0.3, -0.25) is 0 Å². The van der Waals surface area contributed by atoms with Crippen LogP contribution in [0.2, 0.25) is 0 Å². The van der Waals surface area contributed by atoms with Crippen LogP contribution in [0.15, 0.2) is 67.0 Å². The van der Waals surface area contributed by atoms with E-state index < -0.39 is 7.25 Å². The standard InChI is InChI=1S/C23H23N2.BF4/c1-16-9-17(2)12-20(11-16)24-15-25(23-8-6-5-7-22(23)24)21-13-18(3)10-19(4)14-21;2-1(3,4)5/h5-15H,1-4H3;/q+1;-1. The van der Waals surface area contributed by atoms with Crippen LogP contribution < -0.4 is 4.57 Å². The van der Waals surface area contributed by atoms with Crippen molar-refractivity contribution in [2.75, 3.05) is 0 Å². The molecule has 0 fully saturated rings. The first kappa shape index (κ1) is 21.6. The Morgan fingerprint density at radius 1 is 0.700 bits per heavy atom. The van der Waals surface area contributed by atoms with Crippen LogP contribution in [0, 0.1) is 27.7 Å². The van der Waals surface area contributed by atoms with Gasteiger partial charge in [0.1, 0.15) is 11.4 Å². The molecule has 0 saturated heterocycles. The van der Waals surface area contributed by atoms with Gasteiger partial charge in [-0.05, 0) is 86.3 Å². The highest BCUT2D eigenvalue weighted by Crippen LogP contribution is 2.21.